The normalized spacial score (nSPS) is 13.3. The molecule has 8 heteroatoms. The predicted molar refractivity (Wildman–Crippen MR) is 127 cm³/mol. The fourth-order valence-electron chi connectivity index (χ4n) is 3.05. The lowest BCUT2D eigenvalue weighted by Crippen LogP contribution is -2.42. The van der Waals surface area contributed by atoms with Crippen molar-refractivity contribution in [3.05, 3.63) is 0 Å². The summed E-state index contributed by atoms with van der Waals surface area (Å²) in [5, 5.41) is 8.93. The van der Waals surface area contributed by atoms with E-state index in [9.17, 15) is 0 Å². The zero-order valence-electron chi connectivity index (χ0n) is 21.0. The Morgan fingerprint density at radius 2 is 1.19 bits per heavy atom. The van der Waals surface area contributed by atoms with Gasteiger partial charge in [-0.15, -0.1) is 0 Å². The molecular formula is C23H47N2O5P. The van der Waals surface area contributed by atoms with Crippen molar-refractivity contribution in [1.82, 2.24) is 4.67 Å². The first-order chi connectivity index (χ1) is 14.9. The monoisotopic (exact) mass is 462 g/mol. The van der Waals surface area contributed by atoms with E-state index in [1.54, 1.807) is 0 Å². The molecule has 0 saturated heterocycles. The molecule has 0 radical (unpaired) electrons. The second-order valence-corrected chi connectivity index (χ2v) is 9.93. The lowest BCUT2D eigenvalue weighted by molar-refractivity contribution is -0.0895. The molecule has 31 heavy (non-hydrogen) atoms. The molecule has 184 valence electrons. The lowest BCUT2D eigenvalue weighted by Gasteiger charge is -2.39. The minimum absolute atomic E-state index is 0.256. The first-order valence-corrected chi connectivity index (χ1v) is 12.9. The summed E-state index contributed by atoms with van der Waals surface area (Å²) in [6.07, 6.45) is 3.22. The maximum atomic E-state index is 8.93. The highest BCUT2D eigenvalue weighted by Crippen LogP contribution is 2.47. The molecule has 0 fully saturated rings. The molecule has 0 saturated carbocycles. The zero-order valence-corrected chi connectivity index (χ0v) is 21.9. The summed E-state index contributed by atoms with van der Waals surface area (Å²) in [5.74, 6) is 0. The van der Waals surface area contributed by atoms with Gasteiger partial charge in [0, 0.05) is 31.9 Å². The third-order valence-electron chi connectivity index (χ3n) is 4.41. The van der Waals surface area contributed by atoms with Crippen LogP contribution >= 0.6 is 8.53 Å². The molecule has 0 aliphatic heterocycles. The average molecular weight is 463 g/mol. The van der Waals surface area contributed by atoms with Crippen LogP contribution in [-0.4, -0.2) is 69.6 Å². The maximum Gasteiger partial charge on any atom is 0.259 e. The topological polar surface area (TPSA) is 73.2 Å². The minimum atomic E-state index is -1.32. The van der Waals surface area contributed by atoms with Gasteiger partial charge < -0.3 is 23.3 Å². The van der Waals surface area contributed by atoms with Crippen molar-refractivity contribution in [3.63, 3.8) is 0 Å². The molecule has 0 rings (SSSR count). The summed E-state index contributed by atoms with van der Waals surface area (Å²) in [6, 6.07) is 2.66. The Kier molecular flexibility index (Phi) is 19.0. The fourth-order valence-corrected chi connectivity index (χ4v) is 4.78. The summed E-state index contributed by atoms with van der Waals surface area (Å²) in [7, 11) is -1.32. The number of hydrogen-bond acceptors (Lipinski definition) is 7. The van der Waals surface area contributed by atoms with Gasteiger partial charge in [0.1, 0.15) is 0 Å². The van der Waals surface area contributed by atoms with Crippen LogP contribution in [0.4, 0.5) is 0 Å². The third kappa shape index (κ3) is 13.7. The molecule has 0 aromatic carbocycles. The fraction of sp³-hybridized carbons (Fsp3) is 0.957. The second-order valence-electron chi connectivity index (χ2n) is 8.48. The highest BCUT2D eigenvalue weighted by molar-refractivity contribution is 7.44. The molecule has 0 aliphatic carbocycles. The molecule has 0 aromatic rings. The quantitative estimate of drug-likeness (QED) is 0.164. The number of hydrogen-bond donors (Lipinski definition) is 0. The predicted octanol–water partition coefficient (Wildman–Crippen LogP) is 5.55. The first-order valence-electron chi connectivity index (χ1n) is 11.8. The molecule has 0 bridgehead atoms. The van der Waals surface area contributed by atoms with E-state index in [2.05, 4.69) is 59.2 Å². The number of ether oxygens (including phenoxy) is 3. The minimum Gasteiger partial charge on any atom is -0.381 e. The molecule has 0 heterocycles. The Balaban J connectivity index is 5.50. The van der Waals surface area contributed by atoms with Crippen molar-refractivity contribution >= 4 is 8.53 Å². The van der Waals surface area contributed by atoms with Crippen molar-refractivity contribution in [1.29, 1.82) is 5.26 Å². The van der Waals surface area contributed by atoms with E-state index in [4.69, 9.17) is 28.5 Å². The van der Waals surface area contributed by atoms with Crippen LogP contribution in [-0.2, 0) is 23.3 Å². The van der Waals surface area contributed by atoms with Crippen LogP contribution in [0.2, 0.25) is 0 Å². The summed E-state index contributed by atoms with van der Waals surface area (Å²) >= 11 is 0. The van der Waals surface area contributed by atoms with Gasteiger partial charge in [-0.2, -0.15) is 5.26 Å². The SMILES string of the molecule is CCCOCC(COCCC)(COCCC)COP(OCCC#N)N(C(C)C)C(C)C. The third-order valence-corrected chi connectivity index (χ3v) is 6.47. The number of nitrogens with zero attached hydrogens (tertiary/aromatic N) is 2. The van der Waals surface area contributed by atoms with Crippen LogP contribution < -0.4 is 0 Å². The summed E-state index contributed by atoms with van der Waals surface area (Å²) in [4.78, 5) is 0. The standard InChI is InChI=1S/C23H47N2O5P/c1-8-13-26-17-23(18-27-14-9-2,19-28-15-10-3)20-30-31(29-16-11-12-24)25(21(4)5)22(6)7/h21-22H,8-11,13-20H2,1-7H3. The molecule has 7 nitrogen and oxygen atoms in total. The molecule has 0 N–H and O–H groups in total. The summed E-state index contributed by atoms with van der Waals surface area (Å²) in [5.41, 5.74) is -0.404. The van der Waals surface area contributed by atoms with Gasteiger partial charge >= 0.3 is 0 Å². The van der Waals surface area contributed by atoms with Gasteiger partial charge in [-0.05, 0) is 47.0 Å². The lowest BCUT2D eigenvalue weighted by atomic mass is 9.92. The van der Waals surface area contributed by atoms with Crippen molar-refractivity contribution < 1.29 is 23.3 Å². The van der Waals surface area contributed by atoms with Crippen molar-refractivity contribution in [2.24, 2.45) is 5.41 Å². The Bertz CT molecular complexity index is 425. The maximum absolute atomic E-state index is 8.93. The second kappa shape index (κ2) is 19.2. The zero-order chi connectivity index (χ0) is 23.5. The van der Waals surface area contributed by atoms with E-state index < -0.39 is 13.9 Å². The van der Waals surface area contributed by atoms with Crippen LogP contribution in [0.25, 0.3) is 0 Å². The highest BCUT2D eigenvalue weighted by atomic mass is 31.2. The Morgan fingerprint density at radius 3 is 1.55 bits per heavy atom. The van der Waals surface area contributed by atoms with Crippen molar-refractivity contribution in [2.45, 2.75) is 86.2 Å². The van der Waals surface area contributed by atoms with Gasteiger partial charge in [0.25, 0.3) is 8.53 Å². The Morgan fingerprint density at radius 1 is 0.742 bits per heavy atom. The van der Waals surface area contributed by atoms with Gasteiger partial charge in [0.05, 0.1) is 50.9 Å². The van der Waals surface area contributed by atoms with Gasteiger partial charge in [-0.25, -0.2) is 4.67 Å². The van der Waals surface area contributed by atoms with Crippen molar-refractivity contribution in [3.8, 4) is 6.07 Å². The number of nitriles is 1. The molecule has 0 spiro atoms. The van der Waals surface area contributed by atoms with E-state index in [-0.39, 0.29) is 12.1 Å². The van der Waals surface area contributed by atoms with E-state index in [0.29, 0.717) is 59.3 Å². The van der Waals surface area contributed by atoms with Crippen LogP contribution in [0, 0.1) is 16.7 Å². The van der Waals surface area contributed by atoms with E-state index >= 15 is 0 Å². The van der Waals surface area contributed by atoms with E-state index in [1.165, 1.54) is 0 Å². The Hall–Kier alpha value is -0.320. The average Bonchev–Trinajstić information content (AvgIpc) is 2.72. The van der Waals surface area contributed by atoms with Crippen molar-refractivity contribution in [2.75, 3.05) is 52.9 Å². The van der Waals surface area contributed by atoms with Gasteiger partial charge in [-0.3, -0.25) is 0 Å². The van der Waals surface area contributed by atoms with Crippen LogP contribution in [0.5, 0.6) is 0 Å². The highest BCUT2D eigenvalue weighted by Gasteiger charge is 2.36. The molecule has 0 aromatic heterocycles. The smallest absolute Gasteiger partial charge is 0.259 e. The molecule has 1 unspecified atom stereocenters. The largest absolute Gasteiger partial charge is 0.381 e. The molecule has 0 amide bonds. The van der Waals surface area contributed by atoms with Crippen LogP contribution in [0.3, 0.4) is 0 Å². The van der Waals surface area contributed by atoms with E-state index in [0.717, 1.165) is 19.3 Å². The summed E-state index contributed by atoms with van der Waals surface area (Å²) < 4.78 is 32.7. The van der Waals surface area contributed by atoms with Crippen LogP contribution in [0.15, 0.2) is 0 Å². The molecule has 0 aliphatic rings. The Labute approximate surface area is 192 Å². The van der Waals surface area contributed by atoms with E-state index in [1.807, 2.05) is 0 Å². The molecular weight excluding hydrogens is 415 g/mol. The first kappa shape index (κ1) is 30.7. The number of rotatable bonds is 21. The summed E-state index contributed by atoms with van der Waals surface area (Å²) in [6.45, 7) is 19.3. The van der Waals surface area contributed by atoms with Crippen LogP contribution in [0.1, 0.15) is 74.1 Å². The van der Waals surface area contributed by atoms with Gasteiger partial charge in [-0.1, -0.05) is 20.8 Å². The molecule has 1 atom stereocenters. The van der Waals surface area contributed by atoms with Gasteiger partial charge in [0.15, 0.2) is 0 Å². The van der Waals surface area contributed by atoms with Gasteiger partial charge in [0.2, 0.25) is 0 Å².